The second-order valence-electron chi connectivity index (χ2n) is 4.14. The zero-order valence-electron chi connectivity index (χ0n) is 10.4. The summed E-state index contributed by atoms with van der Waals surface area (Å²) in [6.07, 6.45) is 0. The quantitative estimate of drug-likeness (QED) is 0.784. The number of hydrogen-bond donors (Lipinski definition) is 0. The molecule has 0 unspecified atom stereocenters. The lowest BCUT2D eigenvalue weighted by molar-refractivity contribution is 0.628. The number of halogens is 2. The van der Waals surface area contributed by atoms with Crippen molar-refractivity contribution < 1.29 is 4.39 Å². The smallest absolute Gasteiger partial charge is 0.125 e. The van der Waals surface area contributed by atoms with Gasteiger partial charge in [-0.1, -0.05) is 12.1 Å². The maximum atomic E-state index is 13.2. The van der Waals surface area contributed by atoms with Gasteiger partial charge in [0.15, 0.2) is 0 Å². The Balaban J connectivity index is 2.44. The van der Waals surface area contributed by atoms with E-state index in [4.69, 9.17) is 11.6 Å². The molecule has 2 aromatic rings. The highest BCUT2D eigenvalue weighted by molar-refractivity contribution is 6.17. The lowest BCUT2D eigenvalue weighted by Gasteiger charge is -2.21. The van der Waals surface area contributed by atoms with Gasteiger partial charge in [-0.2, -0.15) is 5.26 Å². The minimum atomic E-state index is -0.305. The van der Waals surface area contributed by atoms with Crippen molar-refractivity contribution in [3.8, 4) is 6.07 Å². The van der Waals surface area contributed by atoms with Gasteiger partial charge >= 0.3 is 0 Å². The molecule has 0 saturated heterocycles. The molecule has 0 heterocycles. The number of alkyl halides is 1. The maximum absolute atomic E-state index is 13.2. The fourth-order valence-corrected chi connectivity index (χ4v) is 2.04. The van der Waals surface area contributed by atoms with E-state index < -0.39 is 0 Å². The summed E-state index contributed by atoms with van der Waals surface area (Å²) in [5, 5.41) is 9.19. The first-order valence-electron chi connectivity index (χ1n) is 5.74. The monoisotopic (exact) mass is 274 g/mol. The van der Waals surface area contributed by atoms with E-state index in [-0.39, 0.29) is 5.82 Å². The van der Waals surface area contributed by atoms with Crippen molar-refractivity contribution in [3.63, 3.8) is 0 Å². The Morgan fingerprint density at radius 3 is 2.68 bits per heavy atom. The normalized spacial score (nSPS) is 10.0. The van der Waals surface area contributed by atoms with Crippen LogP contribution in [-0.2, 0) is 5.88 Å². The molecule has 4 heteroatoms. The fraction of sp³-hybridized carbons (Fsp3) is 0.133. The Hall–Kier alpha value is -2.05. The Morgan fingerprint density at radius 2 is 2.05 bits per heavy atom. The molecule has 0 radical (unpaired) electrons. The zero-order chi connectivity index (χ0) is 13.8. The van der Waals surface area contributed by atoms with Gasteiger partial charge in [-0.3, -0.25) is 0 Å². The van der Waals surface area contributed by atoms with Crippen molar-refractivity contribution in [2.75, 3.05) is 11.9 Å². The first-order valence-corrected chi connectivity index (χ1v) is 6.27. The average molecular weight is 275 g/mol. The molecule has 0 saturated carbocycles. The molecule has 0 spiro atoms. The summed E-state index contributed by atoms with van der Waals surface area (Å²) in [4.78, 5) is 1.78. The zero-order valence-corrected chi connectivity index (χ0v) is 11.2. The Morgan fingerprint density at radius 1 is 1.26 bits per heavy atom. The van der Waals surface area contributed by atoms with E-state index in [1.165, 1.54) is 12.1 Å². The number of nitriles is 1. The van der Waals surface area contributed by atoms with Crippen molar-refractivity contribution in [1.29, 1.82) is 5.26 Å². The molecule has 0 aliphatic rings. The number of hydrogen-bond acceptors (Lipinski definition) is 2. The van der Waals surface area contributed by atoms with Crippen molar-refractivity contribution in [2.24, 2.45) is 0 Å². The topological polar surface area (TPSA) is 27.0 Å². The van der Waals surface area contributed by atoms with E-state index >= 15 is 0 Å². The predicted octanol–water partition coefficient (Wildman–Crippen LogP) is 4.20. The summed E-state index contributed by atoms with van der Waals surface area (Å²) in [6.45, 7) is 0. The van der Waals surface area contributed by atoms with E-state index in [2.05, 4.69) is 6.07 Å². The first-order chi connectivity index (χ1) is 9.15. The van der Waals surface area contributed by atoms with Crippen molar-refractivity contribution in [1.82, 2.24) is 0 Å². The molecule has 96 valence electrons. The van der Waals surface area contributed by atoms with E-state index in [9.17, 15) is 9.65 Å². The number of nitrogens with zero attached hydrogens (tertiary/aromatic N) is 2. The molecular weight excluding hydrogens is 263 g/mol. The number of benzene rings is 2. The van der Waals surface area contributed by atoms with Crippen molar-refractivity contribution in [3.05, 3.63) is 59.4 Å². The van der Waals surface area contributed by atoms with Crippen LogP contribution in [0.1, 0.15) is 11.1 Å². The maximum Gasteiger partial charge on any atom is 0.125 e. The van der Waals surface area contributed by atoms with Gasteiger partial charge in [0.05, 0.1) is 11.3 Å². The van der Waals surface area contributed by atoms with Gasteiger partial charge in [0.1, 0.15) is 11.9 Å². The summed E-state index contributed by atoms with van der Waals surface area (Å²) in [6, 6.07) is 13.8. The third-order valence-corrected chi connectivity index (χ3v) is 3.20. The van der Waals surface area contributed by atoms with Crippen LogP contribution in [0.2, 0.25) is 0 Å². The lowest BCUT2D eigenvalue weighted by atomic mass is 10.1. The first kappa shape index (κ1) is 13.4. The summed E-state index contributed by atoms with van der Waals surface area (Å²) in [5.74, 6) is 0.0544. The van der Waals surface area contributed by atoms with Crippen LogP contribution in [0.3, 0.4) is 0 Å². The molecule has 2 aromatic carbocycles. The van der Waals surface area contributed by atoms with Crippen molar-refractivity contribution >= 4 is 23.0 Å². The van der Waals surface area contributed by atoms with E-state index in [1.54, 1.807) is 30.1 Å². The van der Waals surface area contributed by atoms with Crippen LogP contribution in [0.5, 0.6) is 0 Å². The molecule has 2 nitrogen and oxygen atoms in total. The van der Waals surface area contributed by atoms with Gasteiger partial charge in [0.25, 0.3) is 0 Å². The van der Waals surface area contributed by atoms with Gasteiger partial charge in [-0.15, -0.1) is 11.6 Å². The number of rotatable bonds is 3. The Bertz CT molecular complexity index is 634. The minimum Gasteiger partial charge on any atom is -0.343 e. The SMILES string of the molecule is CN(c1cccc(F)c1)c1ccc(CCl)cc1C#N. The van der Waals surface area contributed by atoms with Gasteiger partial charge in [-0.05, 0) is 35.9 Å². The van der Waals surface area contributed by atoms with Crippen LogP contribution in [0.25, 0.3) is 0 Å². The second-order valence-corrected chi connectivity index (χ2v) is 4.40. The van der Waals surface area contributed by atoms with E-state index in [0.717, 1.165) is 11.3 Å². The van der Waals surface area contributed by atoms with Gasteiger partial charge in [-0.25, -0.2) is 4.39 Å². The summed E-state index contributed by atoms with van der Waals surface area (Å²) in [7, 11) is 1.80. The van der Waals surface area contributed by atoms with Crippen LogP contribution in [-0.4, -0.2) is 7.05 Å². The molecule has 0 amide bonds. The largest absolute Gasteiger partial charge is 0.343 e. The number of anilines is 2. The Kier molecular flexibility index (Phi) is 4.03. The third-order valence-electron chi connectivity index (χ3n) is 2.89. The van der Waals surface area contributed by atoms with Crippen LogP contribution >= 0.6 is 11.6 Å². The molecule has 2 rings (SSSR count). The molecular formula is C15H12ClFN2. The average Bonchev–Trinajstić information content (AvgIpc) is 2.45. The van der Waals surface area contributed by atoms with Crippen LogP contribution in [0, 0.1) is 17.1 Å². The molecule has 0 aromatic heterocycles. The van der Waals surface area contributed by atoms with E-state index in [1.807, 2.05) is 12.1 Å². The molecule has 0 fully saturated rings. The van der Waals surface area contributed by atoms with Gasteiger partial charge < -0.3 is 4.90 Å². The summed E-state index contributed by atoms with van der Waals surface area (Å²) in [5.41, 5.74) is 2.82. The molecule has 0 N–H and O–H groups in total. The predicted molar refractivity (Wildman–Crippen MR) is 75.2 cm³/mol. The van der Waals surface area contributed by atoms with Crippen molar-refractivity contribution in [2.45, 2.75) is 5.88 Å². The summed E-state index contributed by atoms with van der Waals surface area (Å²) >= 11 is 5.75. The molecule has 0 aliphatic heterocycles. The third kappa shape index (κ3) is 2.86. The molecule has 0 atom stereocenters. The molecule has 19 heavy (non-hydrogen) atoms. The van der Waals surface area contributed by atoms with Crippen LogP contribution in [0.4, 0.5) is 15.8 Å². The second kappa shape index (κ2) is 5.73. The minimum absolute atomic E-state index is 0.305. The van der Waals surface area contributed by atoms with Gasteiger partial charge in [0.2, 0.25) is 0 Å². The highest BCUT2D eigenvalue weighted by Crippen LogP contribution is 2.28. The highest BCUT2D eigenvalue weighted by Gasteiger charge is 2.10. The fourth-order valence-electron chi connectivity index (χ4n) is 1.87. The molecule has 0 aliphatic carbocycles. The Labute approximate surface area is 116 Å². The lowest BCUT2D eigenvalue weighted by Crippen LogP contribution is -2.11. The van der Waals surface area contributed by atoms with Gasteiger partial charge in [0, 0.05) is 18.6 Å². The van der Waals surface area contributed by atoms with Crippen LogP contribution < -0.4 is 4.90 Å². The standard InChI is InChI=1S/C15H12ClFN2/c1-19(14-4-2-3-13(17)8-14)15-6-5-11(9-16)7-12(15)10-18/h2-8H,9H2,1H3. The molecule has 0 bridgehead atoms. The van der Waals surface area contributed by atoms with E-state index in [0.29, 0.717) is 17.1 Å². The van der Waals surface area contributed by atoms with Crippen LogP contribution in [0.15, 0.2) is 42.5 Å². The highest BCUT2D eigenvalue weighted by atomic mass is 35.5. The summed E-state index contributed by atoms with van der Waals surface area (Å²) < 4.78 is 13.2.